The van der Waals surface area contributed by atoms with Gasteiger partial charge in [-0.25, -0.2) is 4.98 Å². The third kappa shape index (κ3) is 3.00. The number of nitrogens with zero attached hydrogens (tertiary/aromatic N) is 1. The summed E-state index contributed by atoms with van der Waals surface area (Å²) in [5.41, 5.74) is 0.128. The minimum Gasteiger partial charge on any atom is -0.507 e. The molecule has 0 aliphatic rings. The Balaban J connectivity index is 2.00. The predicted molar refractivity (Wildman–Crippen MR) is 81.3 cm³/mol. The molecule has 1 heterocycles. The topological polar surface area (TPSA) is 53.4 Å². The normalized spacial score (nSPS) is 11.6. The molecule has 2 N–H and O–H groups in total. The maximum Gasteiger partial charge on any atom is 0.416 e. The number of hydrogen-bond donors (Lipinski definition) is 2. The molecule has 1 aromatic heterocycles. The van der Waals surface area contributed by atoms with Crippen LogP contribution in [-0.4, -0.2) is 15.2 Å². The fraction of sp³-hybridized carbons (Fsp3) is 0.0625. The molecule has 3 nitrogen and oxygen atoms in total. The summed E-state index contributed by atoms with van der Waals surface area (Å²) in [5.74, 6) is -0.281. The molecule has 0 aliphatic carbocycles. The van der Waals surface area contributed by atoms with E-state index in [1.807, 2.05) is 0 Å². The van der Waals surface area contributed by atoms with Crippen molar-refractivity contribution in [2.24, 2.45) is 0 Å². The quantitative estimate of drug-likeness (QED) is 0.699. The molecule has 0 amide bonds. The number of aromatic hydroxyl groups is 2. The first-order valence-corrected chi connectivity index (χ1v) is 7.33. The van der Waals surface area contributed by atoms with Crippen molar-refractivity contribution in [1.82, 2.24) is 4.98 Å². The summed E-state index contributed by atoms with van der Waals surface area (Å²) >= 11 is 1.09. The Bertz CT molecular complexity index is 841. The lowest BCUT2D eigenvalue weighted by molar-refractivity contribution is -0.137. The molecule has 0 saturated heterocycles. The molecule has 3 aromatic rings. The highest BCUT2D eigenvalue weighted by Gasteiger charge is 2.30. The van der Waals surface area contributed by atoms with Crippen LogP contribution in [0.1, 0.15) is 5.56 Å². The van der Waals surface area contributed by atoms with Crippen molar-refractivity contribution in [3.63, 3.8) is 0 Å². The molecule has 0 atom stereocenters. The van der Waals surface area contributed by atoms with Crippen LogP contribution in [0.2, 0.25) is 0 Å². The van der Waals surface area contributed by atoms with Crippen LogP contribution < -0.4 is 0 Å². The lowest BCUT2D eigenvalue weighted by Gasteiger charge is -2.06. The highest BCUT2D eigenvalue weighted by molar-refractivity contribution is 7.18. The van der Waals surface area contributed by atoms with Gasteiger partial charge in [-0.05, 0) is 24.3 Å². The lowest BCUT2D eigenvalue weighted by atomic mass is 10.1. The number of phenols is 1. The molecule has 0 radical (unpaired) electrons. The van der Waals surface area contributed by atoms with Crippen molar-refractivity contribution in [2.45, 2.75) is 6.18 Å². The number of halogens is 3. The Morgan fingerprint density at radius 3 is 2.17 bits per heavy atom. The van der Waals surface area contributed by atoms with Crippen molar-refractivity contribution in [2.75, 3.05) is 0 Å². The number of aromatic nitrogens is 1. The summed E-state index contributed by atoms with van der Waals surface area (Å²) in [6.45, 7) is 0. The minimum atomic E-state index is -4.40. The second-order valence-electron chi connectivity index (χ2n) is 4.76. The van der Waals surface area contributed by atoms with Gasteiger partial charge in [-0.15, -0.1) is 11.3 Å². The van der Waals surface area contributed by atoms with E-state index >= 15 is 0 Å². The van der Waals surface area contributed by atoms with Crippen molar-refractivity contribution < 1.29 is 23.4 Å². The van der Waals surface area contributed by atoms with Gasteiger partial charge in [0.05, 0.1) is 5.56 Å². The van der Waals surface area contributed by atoms with E-state index in [1.165, 1.54) is 18.2 Å². The molecule has 0 aliphatic heterocycles. The second-order valence-corrected chi connectivity index (χ2v) is 5.76. The number of thiazole rings is 1. The van der Waals surface area contributed by atoms with E-state index in [4.69, 9.17) is 0 Å². The Morgan fingerprint density at radius 1 is 0.913 bits per heavy atom. The first-order chi connectivity index (χ1) is 10.9. The number of benzene rings is 2. The molecule has 3 rings (SSSR count). The van der Waals surface area contributed by atoms with Gasteiger partial charge >= 0.3 is 6.18 Å². The molecular formula is C16H10F3NO2S. The van der Waals surface area contributed by atoms with Gasteiger partial charge in [0.15, 0.2) is 0 Å². The van der Waals surface area contributed by atoms with Crippen LogP contribution >= 0.6 is 11.3 Å². The second kappa shape index (κ2) is 5.58. The maximum atomic E-state index is 12.6. The van der Waals surface area contributed by atoms with Crippen LogP contribution in [0.25, 0.3) is 21.0 Å². The number of rotatable bonds is 2. The van der Waals surface area contributed by atoms with Gasteiger partial charge in [0, 0.05) is 11.1 Å². The van der Waals surface area contributed by atoms with E-state index in [9.17, 15) is 23.4 Å². The molecule has 2 aromatic carbocycles. The average Bonchev–Trinajstić information content (AvgIpc) is 2.89. The van der Waals surface area contributed by atoms with E-state index in [1.54, 1.807) is 18.2 Å². The highest BCUT2D eigenvalue weighted by atomic mass is 32.1. The Hall–Kier alpha value is -2.54. The monoisotopic (exact) mass is 337 g/mol. The van der Waals surface area contributed by atoms with Crippen molar-refractivity contribution in [3.05, 3.63) is 54.1 Å². The van der Waals surface area contributed by atoms with Crippen molar-refractivity contribution >= 4 is 11.3 Å². The Labute approximate surface area is 133 Å². The molecule has 0 spiro atoms. The van der Waals surface area contributed by atoms with Gasteiger partial charge in [0.1, 0.15) is 15.6 Å². The van der Waals surface area contributed by atoms with Crippen molar-refractivity contribution in [3.8, 4) is 32.6 Å². The third-order valence-electron chi connectivity index (χ3n) is 3.22. The summed E-state index contributed by atoms with van der Waals surface area (Å²) in [6, 6.07) is 11.0. The zero-order chi connectivity index (χ0) is 16.6. The number of phenolic OH excluding ortho intramolecular Hbond substituents is 1. The van der Waals surface area contributed by atoms with Gasteiger partial charge < -0.3 is 10.2 Å². The van der Waals surface area contributed by atoms with E-state index in [2.05, 4.69) is 4.98 Å². The van der Waals surface area contributed by atoms with Crippen LogP contribution in [0.4, 0.5) is 13.2 Å². The van der Waals surface area contributed by atoms with Gasteiger partial charge in [0.2, 0.25) is 5.88 Å². The van der Waals surface area contributed by atoms with E-state index < -0.39 is 11.7 Å². The highest BCUT2D eigenvalue weighted by Crippen LogP contribution is 2.42. The average molecular weight is 337 g/mol. The number of alkyl halides is 3. The van der Waals surface area contributed by atoms with Crippen LogP contribution in [0.3, 0.4) is 0 Å². The van der Waals surface area contributed by atoms with E-state index in [0.717, 1.165) is 23.5 Å². The van der Waals surface area contributed by atoms with Crippen LogP contribution in [0, 0.1) is 0 Å². The molecule has 23 heavy (non-hydrogen) atoms. The summed E-state index contributed by atoms with van der Waals surface area (Å²) in [5, 5.41) is 20.2. The summed E-state index contributed by atoms with van der Waals surface area (Å²) in [4.78, 5) is 4.33. The van der Waals surface area contributed by atoms with Crippen LogP contribution in [-0.2, 0) is 6.18 Å². The smallest absolute Gasteiger partial charge is 0.416 e. The first kappa shape index (κ1) is 15.4. The van der Waals surface area contributed by atoms with Gasteiger partial charge in [-0.3, -0.25) is 0 Å². The zero-order valence-corrected chi connectivity index (χ0v) is 12.3. The first-order valence-electron chi connectivity index (χ1n) is 6.52. The SMILES string of the molecule is Oc1ccccc1-c1sc(-c2ccc(C(F)(F)F)cc2)nc1O. The molecule has 0 saturated carbocycles. The van der Waals surface area contributed by atoms with Crippen LogP contribution in [0.5, 0.6) is 11.6 Å². The summed E-state index contributed by atoms with van der Waals surface area (Å²) < 4.78 is 37.7. The predicted octanol–water partition coefficient (Wildman–Crippen LogP) is 4.91. The molecule has 118 valence electrons. The standard InChI is InChI=1S/C16H10F3NO2S/c17-16(18,19)10-7-5-9(6-8-10)15-20-14(22)13(23-15)11-3-1-2-4-12(11)21/h1-8,21-22H. The number of para-hydroxylation sites is 1. The molecule has 7 heteroatoms. The number of hydrogen-bond acceptors (Lipinski definition) is 4. The van der Waals surface area contributed by atoms with Crippen molar-refractivity contribution in [1.29, 1.82) is 0 Å². The maximum absolute atomic E-state index is 12.6. The van der Waals surface area contributed by atoms with Gasteiger partial charge in [-0.2, -0.15) is 13.2 Å². The lowest BCUT2D eigenvalue weighted by Crippen LogP contribution is -2.03. The third-order valence-corrected chi connectivity index (χ3v) is 4.34. The molecular weight excluding hydrogens is 327 g/mol. The summed E-state index contributed by atoms with van der Waals surface area (Å²) in [7, 11) is 0. The zero-order valence-electron chi connectivity index (χ0n) is 11.5. The Kier molecular flexibility index (Phi) is 3.73. The molecule has 0 unspecified atom stereocenters. The molecule has 0 bridgehead atoms. The molecule has 0 fully saturated rings. The van der Waals surface area contributed by atoms with Crippen LogP contribution in [0.15, 0.2) is 48.5 Å². The fourth-order valence-electron chi connectivity index (χ4n) is 2.08. The summed E-state index contributed by atoms with van der Waals surface area (Å²) in [6.07, 6.45) is -4.40. The minimum absolute atomic E-state index is 0.00887. The van der Waals surface area contributed by atoms with E-state index in [0.29, 0.717) is 21.0 Å². The largest absolute Gasteiger partial charge is 0.507 e. The van der Waals surface area contributed by atoms with Gasteiger partial charge in [-0.1, -0.05) is 24.3 Å². The van der Waals surface area contributed by atoms with Gasteiger partial charge in [0.25, 0.3) is 0 Å². The fourth-order valence-corrected chi connectivity index (χ4v) is 3.08. The van der Waals surface area contributed by atoms with E-state index in [-0.39, 0.29) is 11.6 Å². The Morgan fingerprint density at radius 2 is 1.57 bits per heavy atom.